The van der Waals surface area contributed by atoms with Gasteiger partial charge in [-0.05, 0) is 12.1 Å². The summed E-state index contributed by atoms with van der Waals surface area (Å²) < 4.78 is 0. The smallest absolute Gasteiger partial charge is 0.269 e. The molecule has 0 saturated carbocycles. The number of hydrogen-bond acceptors (Lipinski definition) is 9. The van der Waals surface area contributed by atoms with E-state index in [2.05, 4.69) is 36.1 Å². The van der Waals surface area contributed by atoms with Crippen LogP contribution in [-0.4, -0.2) is 25.8 Å². The third-order valence-corrected chi connectivity index (χ3v) is 3.47. The largest absolute Gasteiger partial charge is 0.393 e. The predicted octanol–water partition coefficient (Wildman–Crippen LogP) is 1.41. The number of anilines is 4. The molecule has 116 valence electrons. The second-order valence-electron chi connectivity index (χ2n) is 4.26. The van der Waals surface area contributed by atoms with E-state index in [1.165, 1.54) is 30.1 Å². The Morgan fingerprint density at radius 2 is 1.87 bits per heavy atom. The van der Waals surface area contributed by atoms with Gasteiger partial charge in [-0.2, -0.15) is 0 Å². The minimum absolute atomic E-state index is 0.262. The number of amides is 1. The Hall–Kier alpha value is -3.27. The fraction of sp³-hybridized carbons (Fsp3) is 0. The number of hydrogen-bond donors (Lipinski definition) is 4. The first-order chi connectivity index (χ1) is 11.2. The van der Waals surface area contributed by atoms with Gasteiger partial charge in [0.25, 0.3) is 5.91 Å². The Bertz CT molecular complexity index is 793. The zero-order chi connectivity index (χ0) is 16.1. The lowest BCUT2D eigenvalue weighted by Crippen LogP contribution is -2.30. The van der Waals surface area contributed by atoms with Gasteiger partial charge in [-0.25, -0.2) is 15.0 Å². The number of nitrogens with one attached hydrogen (secondary N) is 3. The number of nitrogens with zero attached hydrogens (tertiary/aromatic N) is 4. The zero-order valence-electron chi connectivity index (χ0n) is 11.7. The van der Waals surface area contributed by atoms with Crippen LogP contribution in [-0.2, 0) is 0 Å². The highest BCUT2D eigenvalue weighted by atomic mass is 32.1. The van der Waals surface area contributed by atoms with Crippen molar-refractivity contribution < 1.29 is 4.79 Å². The van der Waals surface area contributed by atoms with Gasteiger partial charge in [0.1, 0.15) is 12.0 Å². The van der Waals surface area contributed by atoms with Crippen molar-refractivity contribution in [3.05, 3.63) is 48.0 Å². The maximum atomic E-state index is 12.0. The minimum Gasteiger partial charge on any atom is -0.393 e. The summed E-state index contributed by atoms with van der Waals surface area (Å²) in [7, 11) is 0. The molecule has 0 radical (unpaired) electrons. The van der Waals surface area contributed by atoms with E-state index in [0.29, 0.717) is 16.5 Å². The van der Waals surface area contributed by atoms with Gasteiger partial charge in [0.2, 0.25) is 0 Å². The Morgan fingerprint density at radius 1 is 1.09 bits per heavy atom. The number of thiazole rings is 1. The van der Waals surface area contributed by atoms with Crippen LogP contribution in [0.3, 0.4) is 0 Å². The van der Waals surface area contributed by atoms with Crippen molar-refractivity contribution in [2.75, 3.05) is 16.5 Å². The van der Waals surface area contributed by atoms with Crippen molar-refractivity contribution in [2.24, 2.45) is 0 Å². The fourth-order valence-corrected chi connectivity index (χ4v) is 2.20. The van der Waals surface area contributed by atoms with Crippen LogP contribution in [0.2, 0.25) is 0 Å². The van der Waals surface area contributed by atoms with E-state index < -0.39 is 0 Å². The first-order valence-electron chi connectivity index (χ1n) is 6.47. The number of pyridine rings is 1. The second-order valence-corrected chi connectivity index (χ2v) is 5.16. The van der Waals surface area contributed by atoms with Gasteiger partial charge in [0, 0.05) is 29.5 Å². The summed E-state index contributed by atoms with van der Waals surface area (Å²) in [5.74, 6) is 0.344. The average Bonchev–Trinajstić information content (AvgIpc) is 3.09. The van der Waals surface area contributed by atoms with E-state index in [1.807, 2.05) is 5.38 Å². The van der Waals surface area contributed by atoms with Gasteiger partial charge >= 0.3 is 0 Å². The molecule has 10 heteroatoms. The highest BCUT2D eigenvalue weighted by Gasteiger charge is 2.11. The van der Waals surface area contributed by atoms with E-state index in [-0.39, 0.29) is 17.4 Å². The molecule has 0 bridgehead atoms. The summed E-state index contributed by atoms with van der Waals surface area (Å²) >= 11 is 1.41. The summed E-state index contributed by atoms with van der Waals surface area (Å²) in [6.07, 6.45) is 6.06. The number of nitrogen functional groups attached to an aromatic ring is 1. The molecule has 3 heterocycles. The lowest BCUT2D eigenvalue weighted by Gasteiger charge is -2.12. The molecule has 0 aliphatic rings. The molecule has 9 nitrogen and oxygen atoms in total. The van der Waals surface area contributed by atoms with Gasteiger partial charge in [-0.15, -0.1) is 11.3 Å². The molecule has 0 saturated heterocycles. The van der Waals surface area contributed by atoms with Crippen LogP contribution in [0.25, 0.3) is 0 Å². The van der Waals surface area contributed by atoms with Gasteiger partial charge in [0.15, 0.2) is 16.8 Å². The van der Waals surface area contributed by atoms with Gasteiger partial charge in [-0.1, -0.05) is 0 Å². The summed E-state index contributed by atoms with van der Waals surface area (Å²) in [5, 5.41) is 5.46. The fourth-order valence-electron chi connectivity index (χ4n) is 1.67. The molecule has 1 amide bonds. The molecule has 3 aromatic heterocycles. The first-order valence-corrected chi connectivity index (χ1v) is 7.35. The molecule has 0 aliphatic carbocycles. The molecule has 0 unspecified atom stereocenters. The molecule has 0 aromatic carbocycles. The van der Waals surface area contributed by atoms with E-state index in [0.717, 1.165) is 0 Å². The standard InChI is InChI=1S/C13H12N8OS/c14-9-10(19-13-16-5-6-23-13)17-7-18-11(9)20-21-12(22)8-1-3-15-4-2-8/h1-7H,14H2,(H,21,22)(H2,16,17,18,19,20). The third-order valence-electron chi connectivity index (χ3n) is 2.78. The number of aromatic nitrogens is 4. The third kappa shape index (κ3) is 3.49. The van der Waals surface area contributed by atoms with E-state index >= 15 is 0 Å². The summed E-state index contributed by atoms with van der Waals surface area (Å²) in [5.41, 5.74) is 11.9. The van der Waals surface area contributed by atoms with Crippen LogP contribution < -0.4 is 21.9 Å². The molecular weight excluding hydrogens is 316 g/mol. The first kappa shape index (κ1) is 14.7. The lowest BCUT2D eigenvalue weighted by atomic mass is 10.3. The molecule has 5 N–H and O–H groups in total. The van der Waals surface area contributed by atoms with Crippen molar-refractivity contribution in [1.29, 1.82) is 0 Å². The number of rotatable bonds is 5. The molecule has 0 atom stereocenters. The van der Waals surface area contributed by atoms with Crippen LogP contribution in [0, 0.1) is 0 Å². The van der Waals surface area contributed by atoms with Gasteiger partial charge < -0.3 is 11.1 Å². The molecular formula is C13H12N8OS. The lowest BCUT2D eigenvalue weighted by molar-refractivity contribution is 0.0962. The number of nitrogens with two attached hydrogens (primary N) is 1. The molecule has 0 spiro atoms. The molecule has 0 aliphatic heterocycles. The van der Waals surface area contributed by atoms with E-state index in [4.69, 9.17) is 5.73 Å². The van der Waals surface area contributed by atoms with E-state index in [9.17, 15) is 4.79 Å². The topological polar surface area (TPSA) is 131 Å². The van der Waals surface area contributed by atoms with Crippen LogP contribution in [0.15, 0.2) is 42.4 Å². The van der Waals surface area contributed by atoms with Crippen molar-refractivity contribution in [1.82, 2.24) is 25.4 Å². The van der Waals surface area contributed by atoms with Gasteiger partial charge in [0.05, 0.1) is 0 Å². The Labute approximate surface area is 135 Å². The average molecular weight is 328 g/mol. The summed E-state index contributed by atoms with van der Waals surface area (Å²) in [6, 6.07) is 3.19. The van der Waals surface area contributed by atoms with Crippen LogP contribution in [0.5, 0.6) is 0 Å². The monoisotopic (exact) mass is 328 g/mol. The molecule has 23 heavy (non-hydrogen) atoms. The number of carbonyl (C=O) groups is 1. The highest BCUT2D eigenvalue weighted by molar-refractivity contribution is 7.13. The van der Waals surface area contributed by atoms with Crippen LogP contribution in [0.4, 0.5) is 22.5 Å². The zero-order valence-corrected chi connectivity index (χ0v) is 12.5. The summed E-state index contributed by atoms with van der Waals surface area (Å²) in [6.45, 7) is 0. The minimum atomic E-state index is -0.333. The Kier molecular flexibility index (Phi) is 4.25. The van der Waals surface area contributed by atoms with Crippen molar-refractivity contribution in [2.45, 2.75) is 0 Å². The van der Waals surface area contributed by atoms with Gasteiger partial charge in [-0.3, -0.25) is 20.6 Å². The highest BCUT2D eigenvalue weighted by Crippen LogP contribution is 2.25. The maximum Gasteiger partial charge on any atom is 0.269 e. The van der Waals surface area contributed by atoms with Crippen molar-refractivity contribution in [3.8, 4) is 0 Å². The van der Waals surface area contributed by atoms with Crippen LogP contribution >= 0.6 is 11.3 Å². The van der Waals surface area contributed by atoms with Crippen LogP contribution in [0.1, 0.15) is 10.4 Å². The molecule has 3 aromatic rings. The van der Waals surface area contributed by atoms with Crippen molar-refractivity contribution in [3.63, 3.8) is 0 Å². The number of carbonyl (C=O) groups excluding carboxylic acids is 1. The quantitative estimate of drug-likeness (QED) is 0.517. The Balaban J connectivity index is 1.70. The maximum absolute atomic E-state index is 12.0. The van der Waals surface area contributed by atoms with Crippen molar-refractivity contribution >= 4 is 39.7 Å². The van der Waals surface area contributed by atoms with E-state index in [1.54, 1.807) is 18.3 Å². The normalized spacial score (nSPS) is 10.1. The molecule has 3 rings (SSSR count). The summed E-state index contributed by atoms with van der Waals surface area (Å²) in [4.78, 5) is 28.0. The second kappa shape index (κ2) is 6.66. The molecule has 0 fully saturated rings. The number of hydrazine groups is 1. The predicted molar refractivity (Wildman–Crippen MR) is 87.2 cm³/mol. The SMILES string of the molecule is Nc1c(NNC(=O)c2ccncc2)ncnc1Nc1nccs1. The Morgan fingerprint density at radius 3 is 2.61 bits per heavy atom.